The van der Waals surface area contributed by atoms with Crippen molar-refractivity contribution < 1.29 is 56.7 Å². The Kier molecular flexibility index (Phi) is 11.4. The van der Waals surface area contributed by atoms with E-state index in [1.165, 1.54) is 21.8 Å². The van der Waals surface area contributed by atoms with Crippen LogP contribution in [0.3, 0.4) is 0 Å². The summed E-state index contributed by atoms with van der Waals surface area (Å²) >= 11 is 0. The summed E-state index contributed by atoms with van der Waals surface area (Å²) in [4.78, 5) is 4.08. The highest BCUT2D eigenvalue weighted by Gasteiger charge is 2.83. The highest BCUT2D eigenvalue weighted by molar-refractivity contribution is 7.97. The van der Waals surface area contributed by atoms with E-state index in [2.05, 4.69) is 95.2 Å². The summed E-state index contributed by atoms with van der Waals surface area (Å²) in [6.07, 6.45) is 0. The minimum Gasteiger partial charge on any atom is -0.380 e. The van der Waals surface area contributed by atoms with Crippen molar-refractivity contribution in [3.63, 3.8) is 0 Å². The third-order valence-corrected chi connectivity index (χ3v) is 10.2. The molecular weight excluding hydrogens is 671 g/mol. The van der Waals surface area contributed by atoms with E-state index in [0.29, 0.717) is 5.56 Å². The topological polar surface area (TPSA) is 107 Å². The van der Waals surface area contributed by atoms with Crippen molar-refractivity contribution in [3.05, 3.63) is 121 Å². The van der Waals surface area contributed by atoms with E-state index in [1.807, 2.05) is 0 Å². The lowest BCUT2D eigenvalue weighted by molar-refractivity contribution is -0.247. The van der Waals surface area contributed by atoms with Gasteiger partial charge in [0.2, 0.25) is 0 Å². The molecule has 0 fully saturated rings. The van der Waals surface area contributed by atoms with Gasteiger partial charge < -0.3 is 8.92 Å². The predicted molar refractivity (Wildman–Crippen MR) is 155 cm³/mol. The van der Waals surface area contributed by atoms with E-state index in [9.17, 15) is 43.2 Å². The van der Waals surface area contributed by atoms with Crippen molar-refractivity contribution in [3.8, 4) is 5.75 Å². The Bertz CT molecular complexity index is 1650. The summed E-state index contributed by atoms with van der Waals surface area (Å²) in [5, 5.41) is -13.5. The molecule has 4 aromatic rings. The van der Waals surface area contributed by atoms with Crippen molar-refractivity contribution in [2.24, 2.45) is 0 Å². The molecule has 242 valence electrons. The van der Waals surface area contributed by atoms with Crippen molar-refractivity contribution in [2.75, 3.05) is 7.11 Å². The fourth-order valence-electron chi connectivity index (χ4n) is 3.55. The number of hydrogen-bond donors (Lipinski definition) is 1. The Balaban J connectivity index is 0.000000256. The maximum absolute atomic E-state index is 13.6. The first-order chi connectivity index (χ1) is 21.0. The van der Waals surface area contributed by atoms with E-state index in [1.54, 1.807) is 0 Å². The van der Waals surface area contributed by atoms with E-state index in [-0.39, 0.29) is 17.5 Å². The molecule has 0 aliphatic carbocycles. The number of halogens is 6. The zero-order valence-corrected chi connectivity index (χ0v) is 25.5. The summed E-state index contributed by atoms with van der Waals surface area (Å²) < 4.78 is 139. The largest absolute Gasteiger partial charge is 0.450 e. The zero-order valence-electron chi connectivity index (χ0n) is 23.1. The van der Waals surface area contributed by atoms with Gasteiger partial charge in [-0.2, -0.15) is 43.2 Å². The van der Waals surface area contributed by atoms with Gasteiger partial charge in [0, 0.05) is 7.11 Å². The molecule has 0 saturated carbocycles. The second-order valence-electron chi connectivity index (χ2n) is 8.94. The number of hydrogen-bond acceptors (Lipinski definition) is 6. The van der Waals surface area contributed by atoms with Crippen LogP contribution in [0.25, 0.3) is 0 Å². The number of benzene rings is 4. The lowest BCUT2D eigenvalue weighted by Crippen LogP contribution is -2.61. The predicted octanol–water partition coefficient (Wildman–Crippen LogP) is 7.03. The molecule has 16 heteroatoms. The Hall–Kier alpha value is -3.57. The first-order valence-electron chi connectivity index (χ1n) is 12.5. The fraction of sp³-hybridized carbons (Fsp3) is 0.172. The molecule has 45 heavy (non-hydrogen) atoms. The molecule has 0 aliphatic rings. The van der Waals surface area contributed by atoms with Gasteiger partial charge in [0.15, 0.2) is 14.7 Å². The smallest absolute Gasteiger partial charge is 0.380 e. The molecule has 0 aromatic heterocycles. The molecule has 0 aliphatic heterocycles. The zero-order chi connectivity index (χ0) is 33.5. The molecule has 0 bridgehead atoms. The Labute approximate surface area is 258 Å². The van der Waals surface area contributed by atoms with Crippen molar-refractivity contribution in [1.82, 2.24) is 0 Å². The number of rotatable bonds is 11. The standard InChI is InChI=1S/C18H15S.C11H10F6O7S2/c1-4-10-16(11-5-1)19(17-12-6-2-7-13-17)18-14-8-3-9-15-18;1-23-6-7-2-4-8(5-3-7)24-26(21,22)11(16,17)9(12,13)10(14,15)25(18,19)20/h1-15H;2-5H,6H2,1H3,(H,18,19,20)/q+1;. The molecule has 4 aromatic carbocycles. The van der Waals surface area contributed by atoms with Crippen LogP contribution in [0, 0.1) is 0 Å². The number of alkyl halides is 6. The summed E-state index contributed by atoms with van der Waals surface area (Å²) in [5.74, 6) is -8.00. The monoisotopic (exact) mass is 695 g/mol. The number of methoxy groups -OCH3 is 1. The van der Waals surface area contributed by atoms with Gasteiger partial charge >= 0.3 is 36.7 Å². The molecule has 0 spiro atoms. The average molecular weight is 696 g/mol. The van der Waals surface area contributed by atoms with Gasteiger partial charge in [0.25, 0.3) is 0 Å². The van der Waals surface area contributed by atoms with E-state index < -0.39 is 42.4 Å². The molecule has 0 saturated heterocycles. The van der Waals surface area contributed by atoms with Crippen molar-refractivity contribution in [2.45, 2.75) is 37.7 Å². The average Bonchev–Trinajstić information content (AvgIpc) is 2.99. The van der Waals surface area contributed by atoms with Crippen LogP contribution in [-0.4, -0.2) is 44.9 Å². The van der Waals surface area contributed by atoms with Gasteiger partial charge in [0.1, 0.15) is 5.75 Å². The lowest BCUT2D eigenvalue weighted by Gasteiger charge is -2.29. The SMILES string of the molecule is COCc1ccc(OS(=O)(=O)C(F)(F)C(F)(F)C(F)(F)S(=O)(=O)O)cc1.c1ccc([S+](c2ccccc2)c2ccccc2)cc1. The van der Waals surface area contributed by atoms with Gasteiger partial charge in [-0.25, -0.2) is 0 Å². The maximum atomic E-state index is 13.6. The Morgan fingerprint density at radius 2 is 1.00 bits per heavy atom. The van der Waals surface area contributed by atoms with Crippen LogP contribution in [0.2, 0.25) is 0 Å². The number of ether oxygens (including phenoxy) is 1. The normalized spacial score (nSPS) is 12.7. The highest BCUT2D eigenvalue weighted by Crippen LogP contribution is 2.51. The summed E-state index contributed by atoms with van der Waals surface area (Å²) in [6.45, 7) is 0.0157. The van der Waals surface area contributed by atoms with Crippen LogP contribution in [0.1, 0.15) is 5.56 Å². The molecular formula is C29H25F6O7S3+. The summed E-state index contributed by atoms with van der Waals surface area (Å²) in [7, 11) is -12.6. The molecule has 7 nitrogen and oxygen atoms in total. The third kappa shape index (κ3) is 7.99. The molecule has 0 amide bonds. The molecule has 1 N–H and O–H groups in total. The Morgan fingerprint density at radius 3 is 1.33 bits per heavy atom. The minimum absolute atomic E-state index is 0.0146. The van der Waals surface area contributed by atoms with Crippen molar-refractivity contribution in [1.29, 1.82) is 0 Å². The summed E-state index contributed by atoms with van der Waals surface area (Å²) in [6, 6.07) is 35.8. The van der Waals surface area contributed by atoms with Crippen LogP contribution >= 0.6 is 0 Å². The van der Waals surface area contributed by atoms with Crippen LogP contribution in [-0.2, 0) is 42.5 Å². The second-order valence-corrected chi connectivity index (χ2v) is 14.0. The van der Waals surface area contributed by atoms with E-state index in [0.717, 1.165) is 24.3 Å². The van der Waals surface area contributed by atoms with Gasteiger partial charge in [-0.1, -0.05) is 66.7 Å². The van der Waals surface area contributed by atoms with E-state index in [4.69, 9.17) is 9.29 Å². The maximum Gasteiger partial charge on any atom is 0.450 e. The van der Waals surface area contributed by atoms with Crippen LogP contribution < -0.4 is 4.18 Å². The quantitative estimate of drug-likeness (QED) is 0.0777. The Morgan fingerprint density at radius 1 is 0.622 bits per heavy atom. The molecule has 0 heterocycles. The highest BCUT2D eigenvalue weighted by atomic mass is 32.2. The molecule has 4 rings (SSSR count). The molecule has 0 radical (unpaired) electrons. The van der Waals surface area contributed by atoms with E-state index >= 15 is 0 Å². The van der Waals surface area contributed by atoms with Crippen LogP contribution in [0.4, 0.5) is 26.3 Å². The van der Waals surface area contributed by atoms with Gasteiger partial charge in [-0.3, -0.25) is 4.55 Å². The van der Waals surface area contributed by atoms with Crippen LogP contribution in [0.5, 0.6) is 5.75 Å². The van der Waals surface area contributed by atoms with Gasteiger partial charge in [-0.05, 0) is 54.1 Å². The lowest BCUT2D eigenvalue weighted by atomic mass is 10.2. The molecule has 0 unspecified atom stereocenters. The van der Waals surface area contributed by atoms with Crippen molar-refractivity contribution >= 4 is 31.1 Å². The van der Waals surface area contributed by atoms with Crippen LogP contribution in [0.15, 0.2) is 130 Å². The minimum atomic E-state index is -7.09. The third-order valence-electron chi connectivity index (χ3n) is 5.75. The second kappa shape index (κ2) is 14.2. The summed E-state index contributed by atoms with van der Waals surface area (Å²) in [5.41, 5.74) is 0.396. The first kappa shape index (κ1) is 35.9. The molecule has 0 atom stereocenters. The fourth-order valence-corrected chi connectivity index (χ4v) is 7.09. The first-order valence-corrected chi connectivity index (χ1v) is 16.6. The van der Waals surface area contributed by atoms with Gasteiger partial charge in [-0.15, -0.1) is 0 Å². The van der Waals surface area contributed by atoms with Gasteiger partial charge in [0.05, 0.1) is 17.5 Å².